The Bertz CT molecular complexity index is 1030. The number of unbranched alkanes of at least 4 members (excludes halogenated alkanes) is 20. The van der Waals surface area contributed by atoms with Crippen molar-refractivity contribution in [3.8, 4) is 0 Å². The Hall–Kier alpha value is 0.246. The first-order valence-corrected chi connectivity index (χ1v) is 18.4. The molecule has 0 unspecified atom stereocenters. The SMILES string of the molecule is CCCCCCCCCCCCCc1cc(CCCCCCCCCCCCC)c2ccccc2c1S(=O)(=O)[O-].[K+]. The van der Waals surface area contributed by atoms with Gasteiger partial charge in [0.05, 0.1) is 4.90 Å². The van der Waals surface area contributed by atoms with Gasteiger partial charge in [-0.05, 0) is 47.6 Å². The third-order valence-electron chi connectivity index (χ3n) is 8.51. The molecule has 0 bridgehead atoms. The molecule has 228 valence electrons. The molecule has 0 aliphatic heterocycles. The molecule has 41 heavy (non-hydrogen) atoms. The zero-order chi connectivity index (χ0) is 28.9. The van der Waals surface area contributed by atoms with Gasteiger partial charge >= 0.3 is 51.4 Å². The Morgan fingerprint density at radius 3 is 1.24 bits per heavy atom. The van der Waals surface area contributed by atoms with Crippen LogP contribution in [-0.2, 0) is 23.0 Å². The molecule has 2 aromatic carbocycles. The van der Waals surface area contributed by atoms with Crippen molar-refractivity contribution >= 4 is 20.9 Å². The molecule has 0 radical (unpaired) electrons. The van der Waals surface area contributed by atoms with Crippen LogP contribution in [0.15, 0.2) is 35.2 Å². The summed E-state index contributed by atoms with van der Waals surface area (Å²) in [5.74, 6) is 0. The van der Waals surface area contributed by atoms with Gasteiger partial charge < -0.3 is 4.55 Å². The summed E-state index contributed by atoms with van der Waals surface area (Å²) in [5, 5.41) is 1.56. The van der Waals surface area contributed by atoms with Crippen molar-refractivity contribution < 1.29 is 64.4 Å². The van der Waals surface area contributed by atoms with Crippen LogP contribution in [0.5, 0.6) is 0 Å². The van der Waals surface area contributed by atoms with Crippen molar-refractivity contribution in [2.75, 3.05) is 0 Å². The van der Waals surface area contributed by atoms with Gasteiger partial charge in [-0.15, -0.1) is 0 Å². The van der Waals surface area contributed by atoms with E-state index in [9.17, 15) is 13.0 Å². The largest absolute Gasteiger partial charge is 1.00 e. The average Bonchev–Trinajstić information content (AvgIpc) is 2.93. The maximum atomic E-state index is 12.4. The summed E-state index contributed by atoms with van der Waals surface area (Å²) in [6.07, 6.45) is 29.9. The fraction of sp³-hybridized carbons (Fsp3) is 0.722. The molecule has 0 saturated heterocycles. The number of benzene rings is 2. The Morgan fingerprint density at radius 1 is 0.512 bits per heavy atom. The first-order valence-electron chi connectivity index (χ1n) is 17.0. The van der Waals surface area contributed by atoms with Crippen LogP contribution in [0.2, 0.25) is 0 Å². The zero-order valence-electron chi connectivity index (χ0n) is 27.0. The first kappa shape index (κ1) is 39.3. The number of hydrogen-bond donors (Lipinski definition) is 0. The smallest absolute Gasteiger partial charge is 0.744 e. The standard InChI is InChI=1S/C36H60O3S.K/c1-3-5-7-9-11-13-15-17-19-21-23-27-32-31-33(28-24-22-20-18-16-14-12-10-8-6-4-2)36(40(37,38)39)35-30-26-25-29-34(32)35;/h25-26,29-31H,3-24,27-28H2,1-2H3,(H,37,38,39);/q;+1/p-1. The number of fused-ring (bicyclic) bond motifs is 1. The van der Waals surface area contributed by atoms with Crippen molar-refractivity contribution in [3.05, 3.63) is 41.5 Å². The van der Waals surface area contributed by atoms with Crippen LogP contribution >= 0.6 is 0 Å². The minimum atomic E-state index is -4.54. The quantitative estimate of drug-likeness (QED) is 0.0644. The van der Waals surface area contributed by atoms with Crippen LogP contribution in [0.1, 0.15) is 166 Å². The van der Waals surface area contributed by atoms with E-state index in [-0.39, 0.29) is 56.3 Å². The molecule has 0 heterocycles. The Balaban J connectivity index is 0.00000840. The number of aryl methyl sites for hydroxylation is 2. The molecule has 0 atom stereocenters. The Kier molecular flexibility index (Phi) is 23.5. The van der Waals surface area contributed by atoms with Gasteiger partial charge in [0.2, 0.25) is 0 Å². The fourth-order valence-electron chi connectivity index (χ4n) is 6.13. The maximum absolute atomic E-state index is 12.4. The van der Waals surface area contributed by atoms with E-state index in [2.05, 4.69) is 19.9 Å². The van der Waals surface area contributed by atoms with Gasteiger partial charge in [-0.1, -0.05) is 173 Å². The van der Waals surface area contributed by atoms with E-state index in [4.69, 9.17) is 0 Å². The van der Waals surface area contributed by atoms with Gasteiger partial charge in [0.15, 0.2) is 0 Å². The topological polar surface area (TPSA) is 57.2 Å². The van der Waals surface area contributed by atoms with Gasteiger partial charge in [0, 0.05) is 0 Å². The van der Waals surface area contributed by atoms with Gasteiger partial charge in [0.1, 0.15) is 10.1 Å². The molecule has 0 saturated carbocycles. The molecule has 0 aromatic heterocycles. The predicted molar refractivity (Wildman–Crippen MR) is 172 cm³/mol. The summed E-state index contributed by atoms with van der Waals surface area (Å²) in [7, 11) is -4.54. The summed E-state index contributed by atoms with van der Waals surface area (Å²) in [5.41, 5.74) is 1.94. The van der Waals surface area contributed by atoms with Crippen LogP contribution in [-0.4, -0.2) is 13.0 Å². The van der Waals surface area contributed by atoms with Gasteiger partial charge in [-0.2, -0.15) is 0 Å². The minimum absolute atomic E-state index is 0. The van der Waals surface area contributed by atoms with Crippen molar-refractivity contribution in [3.63, 3.8) is 0 Å². The molecule has 0 N–H and O–H groups in total. The van der Waals surface area contributed by atoms with Crippen molar-refractivity contribution in [2.24, 2.45) is 0 Å². The van der Waals surface area contributed by atoms with Gasteiger partial charge in [-0.25, -0.2) is 8.42 Å². The van der Waals surface area contributed by atoms with Crippen LogP contribution in [0.4, 0.5) is 0 Å². The Labute approximate surface area is 296 Å². The summed E-state index contributed by atoms with van der Waals surface area (Å²) in [4.78, 5) is 0.0258. The van der Waals surface area contributed by atoms with Crippen LogP contribution in [0, 0.1) is 0 Å². The van der Waals surface area contributed by atoms with Crippen molar-refractivity contribution in [1.82, 2.24) is 0 Å². The van der Waals surface area contributed by atoms with Crippen LogP contribution in [0.25, 0.3) is 10.8 Å². The predicted octanol–water partition coefficient (Wildman–Crippen LogP) is 8.45. The van der Waals surface area contributed by atoms with Crippen molar-refractivity contribution in [1.29, 1.82) is 0 Å². The second-order valence-electron chi connectivity index (χ2n) is 12.1. The molecule has 0 fully saturated rings. The molecular formula is C36H59KO3S. The zero-order valence-corrected chi connectivity index (χ0v) is 30.9. The second-order valence-corrected chi connectivity index (χ2v) is 13.4. The van der Waals surface area contributed by atoms with E-state index in [0.717, 1.165) is 36.6 Å². The van der Waals surface area contributed by atoms with E-state index in [1.807, 2.05) is 24.3 Å². The van der Waals surface area contributed by atoms with E-state index in [1.165, 1.54) is 128 Å². The summed E-state index contributed by atoms with van der Waals surface area (Å²) < 4.78 is 37.2. The normalized spacial score (nSPS) is 11.7. The molecule has 3 nitrogen and oxygen atoms in total. The average molecular weight is 611 g/mol. The third-order valence-corrected chi connectivity index (χ3v) is 9.49. The van der Waals surface area contributed by atoms with E-state index in [1.54, 1.807) is 0 Å². The molecule has 5 heteroatoms. The van der Waals surface area contributed by atoms with E-state index >= 15 is 0 Å². The molecule has 0 spiro atoms. The third kappa shape index (κ3) is 16.8. The molecular weight excluding hydrogens is 552 g/mol. The van der Waals surface area contributed by atoms with Crippen LogP contribution in [0.3, 0.4) is 0 Å². The van der Waals surface area contributed by atoms with Crippen LogP contribution < -0.4 is 51.4 Å². The number of rotatable bonds is 25. The molecule has 0 aliphatic rings. The Morgan fingerprint density at radius 2 is 0.854 bits per heavy atom. The molecule has 0 aliphatic carbocycles. The molecule has 2 rings (SSSR count). The van der Waals surface area contributed by atoms with E-state index < -0.39 is 10.1 Å². The monoisotopic (exact) mass is 610 g/mol. The minimum Gasteiger partial charge on any atom is -0.744 e. The maximum Gasteiger partial charge on any atom is 1.00 e. The number of hydrogen-bond acceptors (Lipinski definition) is 3. The van der Waals surface area contributed by atoms with Gasteiger partial charge in [0.25, 0.3) is 0 Å². The van der Waals surface area contributed by atoms with E-state index in [0.29, 0.717) is 11.8 Å². The van der Waals surface area contributed by atoms with Gasteiger partial charge in [-0.3, -0.25) is 0 Å². The summed E-state index contributed by atoms with van der Waals surface area (Å²) in [6.45, 7) is 4.52. The molecule has 2 aromatic rings. The fourth-order valence-corrected chi connectivity index (χ4v) is 7.06. The summed E-state index contributed by atoms with van der Waals surface area (Å²) >= 11 is 0. The van der Waals surface area contributed by atoms with Crippen molar-refractivity contribution in [2.45, 2.75) is 173 Å². The molecule has 0 amide bonds. The summed E-state index contributed by atoms with van der Waals surface area (Å²) in [6, 6.07) is 9.68. The first-order chi connectivity index (χ1) is 19.5. The second kappa shape index (κ2) is 24.6.